The Labute approximate surface area is 147 Å². The number of ether oxygens (including phenoxy) is 1. The largest absolute Gasteiger partial charge is 0.379 e. The highest BCUT2D eigenvalue weighted by atomic mass is 16.5. The lowest BCUT2D eigenvalue weighted by Gasteiger charge is -2.19. The molecule has 1 atom stereocenters. The van der Waals surface area contributed by atoms with Gasteiger partial charge in [0, 0.05) is 44.2 Å². The number of hydrogen-bond acceptors (Lipinski definition) is 6. The lowest BCUT2D eigenvalue weighted by molar-refractivity contribution is 0.0738. The fourth-order valence-electron chi connectivity index (χ4n) is 3.95. The molecule has 1 unspecified atom stereocenters. The number of imidazole rings is 1. The van der Waals surface area contributed by atoms with Gasteiger partial charge in [0.25, 0.3) is 5.56 Å². The zero-order valence-electron chi connectivity index (χ0n) is 14.2. The minimum absolute atomic E-state index is 0.200. The molecular weight excluding hydrogens is 336 g/mol. The Morgan fingerprint density at radius 1 is 1.35 bits per heavy atom. The summed E-state index contributed by atoms with van der Waals surface area (Å²) in [6.45, 7) is 1.68. The van der Waals surface area contributed by atoms with Crippen LogP contribution in [0.5, 0.6) is 0 Å². The highest BCUT2D eigenvalue weighted by Gasteiger charge is 2.55. The van der Waals surface area contributed by atoms with Gasteiger partial charge in [0.1, 0.15) is 5.69 Å². The topological polar surface area (TPSA) is 108 Å². The zero-order valence-corrected chi connectivity index (χ0v) is 14.2. The van der Waals surface area contributed by atoms with Gasteiger partial charge >= 0.3 is 5.69 Å². The van der Waals surface area contributed by atoms with E-state index < -0.39 is 11.2 Å². The summed E-state index contributed by atoms with van der Waals surface area (Å²) in [5.74, 6) is 0. The first-order valence-corrected chi connectivity index (χ1v) is 8.54. The molecule has 134 valence electrons. The molecule has 0 amide bonds. The molecule has 0 bridgehead atoms. The first-order chi connectivity index (χ1) is 12.6. The van der Waals surface area contributed by atoms with E-state index in [1.165, 1.54) is 19.0 Å². The molecule has 2 aliphatic rings. The summed E-state index contributed by atoms with van der Waals surface area (Å²) in [5, 5.41) is 4.47. The van der Waals surface area contributed by atoms with E-state index in [0.717, 1.165) is 24.4 Å². The van der Waals surface area contributed by atoms with Crippen molar-refractivity contribution in [2.24, 2.45) is 5.41 Å². The second-order valence-electron chi connectivity index (χ2n) is 7.06. The third-order valence-electron chi connectivity index (χ3n) is 5.53. The number of anilines is 1. The molecule has 2 N–H and O–H groups in total. The van der Waals surface area contributed by atoms with Crippen LogP contribution in [-0.4, -0.2) is 50.9 Å². The predicted octanol–water partition coefficient (Wildman–Crippen LogP) is 0.388. The zero-order chi connectivity index (χ0) is 17.9. The van der Waals surface area contributed by atoms with Crippen molar-refractivity contribution in [1.82, 2.24) is 24.6 Å². The van der Waals surface area contributed by atoms with E-state index >= 15 is 0 Å². The summed E-state index contributed by atoms with van der Waals surface area (Å²) in [7, 11) is 1.76. The number of aromatic nitrogens is 5. The van der Waals surface area contributed by atoms with E-state index in [9.17, 15) is 9.59 Å². The quantitative estimate of drug-likeness (QED) is 0.704. The standard InChI is InChI=1S/C17H18N6O3/c1-26-13-8-22(9-17(13)2-3-17)12-6-11(21-23-5-4-18-14(12)23)10-7-19-16(25)20-15(10)24/h4-7,13H,2-3,8-9H2,1H3,(H2,19,20,24,25). The Balaban J connectivity index is 1.65. The number of aromatic amines is 2. The first kappa shape index (κ1) is 15.3. The summed E-state index contributed by atoms with van der Waals surface area (Å²) < 4.78 is 7.36. The molecule has 1 saturated carbocycles. The van der Waals surface area contributed by atoms with Crippen LogP contribution in [0.2, 0.25) is 0 Å². The maximum absolute atomic E-state index is 12.2. The van der Waals surface area contributed by atoms with Gasteiger partial charge in [0.15, 0.2) is 5.65 Å². The number of H-pyrrole nitrogens is 2. The fraction of sp³-hybridized carbons (Fsp3) is 0.412. The molecule has 9 heteroatoms. The molecule has 3 aromatic heterocycles. The van der Waals surface area contributed by atoms with Gasteiger partial charge in [-0.2, -0.15) is 5.10 Å². The first-order valence-electron chi connectivity index (χ1n) is 8.54. The lowest BCUT2D eigenvalue weighted by Crippen LogP contribution is -2.25. The van der Waals surface area contributed by atoms with Crippen LogP contribution in [0.15, 0.2) is 34.2 Å². The second-order valence-corrected chi connectivity index (χ2v) is 7.06. The minimum atomic E-state index is -0.541. The van der Waals surface area contributed by atoms with E-state index in [-0.39, 0.29) is 11.5 Å². The van der Waals surface area contributed by atoms with Crippen molar-refractivity contribution in [2.75, 3.05) is 25.1 Å². The summed E-state index contributed by atoms with van der Waals surface area (Å²) >= 11 is 0. The summed E-state index contributed by atoms with van der Waals surface area (Å²) in [6, 6.07) is 1.86. The second kappa shape index (κ2) is 5.28. The van der Waals surface area contributed by atoms with Crippen LogP contribution in [0.3, 0.4) is 0 Å². The molecule has 0 radical (unpaired) electrons. The molecule has 1 aliphatic heterocycles. The van der Waals surface area contributed by atoms with E-state index in [2.05, 4.69) is 25.0 Å². The highest BCUT2D eigenvalue weighted by Crippen LogP contribution is 2.54. The SMILES string of the molecule is COC1CN(c2cc(-c3c[nH]c(=O)[nH]c3=O)nn3ccnc23)CC12CC2. The third-order valence-corrected chi connectivity index (χ3v) is 5.53. The van der Waals surface area contributed by atoms with Crippen LogP contribution in [0.1, 0.15) is 12.8 Å². The Kier molecular flexibility index (Phi) is 3.11. The van der Waals surface area contributed by atoms with E-state index in [1.54, 1.807) is 24.0 Å². The average Bonchev–Trinajstić information content (AvgIpc) is 3.08. The molecule has 3 aromatic rings. The van der Waals surface area contributed by atoms with Crippen molar-refractivity contribution in [3.8, 4) is 11.3 Å². The van der Waals surface area contributed by atoms with Crippen molar-refractivity contribution < 1.29 is 4.74 Å². The van der Waals surface area contributed by atoms with Crippen LogP contribution in [0.25, 0.3) is 16.9 Å². The minimum Gasteiger partial charge on any atom is -0.379 e. The number of fused-ring (bicyclic) bond motifs is 1. The van der Waals surface area contributed by atoms with Crippen molar-refractivity contribution in [2.45, 2.75) is 18.9 Å². The molecule has 5 rings (SSSR count). The van der Waals surface area contributed by atoms with Crippen molar-refractivity contribution in [3.63, 3.8) is 0 Å². The van der Waals surface area contributed by atoms with Gasteiger partial charge in [-0.05, 0) is 18.9 Å². The summed E-state index contributed by atoms with van der Waals surface area (Å²) in [4.78, 5) is 34.9. The number of rotatable bonds is 3. The third kappa shape index (κ3) is 2.20. The number of methoxy groups -OCH3 is 1. The molecule has 2 fully saturated rings. The molecule has 26 heavy (non-hydrogen) atoms. The Morgan fingerprint density at radius 2 is 2.19 bits per heavy atom. The number of hydrogen-bond donors (Lipinski definition) is 2. The molecule has 1 saturated heterocycles. The van der Waals surface area contributed by atoms with Crippen LogP contribution in [0, 0.1) is 5.41 Å². The van der Waals surface area contributed by atoms with Crippen molar-refractivity contribution in [1.29, 1.82) is 0 Å². The van der Waals surface area contributed by atoms with Gasteiger partial charge in [-0.25, -0.2) is 14.3 Å². The summed E-state index contributed by atoms with van der Waals surface area (Å²) in [6.07, 6.45) is 7.36. The smallest absolute Gasteiger partial charge is 0.325 e. The monoisotopic (exact) mass is 354 g/mol. The van der Waals surface area contributed by atoms with Gasteiger partial charge in [-0.3, -0.25) is 9.78 Å². The van der Waals surface area contributed by atoms with E-state index in [0.29, 0.717) is 11.3 Å². The highest BCUT2D eigenvalue weighted by molar-refractivity contribution is 5.74. The molecule has 1 aliphatic carbocycles. The number of nitrogens with one attached hydrogen (secondary N) is 2. The maximum Gasteiger partial charge on any atom is 0.325 e. The Bertz CT molecular complexity index is 1110. The number of nitrogens with zero attached hydrogens (tertiary/aromatic N) is 4. The molecular formula is C17H18N6O3. The normalized spacial score (nSPS) is 21.0. The lowest BCUT2D eigenvalue weighted by atomic mass is 10.0. The van der Waals surface area contributed by atoms with Crippen LogP contribution >= 0.6 is 0 Å². The van der Waals surface area contributed by atoms with Crippen molar-refractivity contribution >= 4 is 11.3 Å². The molecule has 4 heterocycles. The Hall–Kier alpha value is -2.94. The van der Waals surface area contributed by atoms with Gasteiger partial charge in [-0.1, -0.05) is 0 Å². The van der Waals surface area contributed by atoms with Gasteiger partial charge in [0.05, 0.1) is 17.4 Å². The average molecular weight is 354 g/mol. The molecule has 1 spiro atoms. The van der Waals surface area contributed by atoms with Gasteiger partial charge in [0.2, 0.25) is 0 Å². The summed E-state index contributed by atoms with van der Waals surface area (Å²) in [5.41, 5.74) is 1.66. The van der Waals surface area contributed by atoms with Crippen molar-refractivity contribution in [3.05, 3.63) is 45.5 Å². The van der Waals surface area contributed by atoms with Gasteiger partial charge in [-0.15, -0.1) is 0 Å². The van der Waals surface area contributed by atoms with E-state index in [4.69, 9.17) is 4.74 Å². The van der Waals surface area contributed by atoms with Gasteiger partial charge < -0.3 is 14.6 Å². The fourth-order valence-corrected chi connectivity index (χ4v) is 3.95. The maximum atomic E-state index is 12.2. The molecule has 9 nitrogen and oxygen atoms in total. The van der Waals surface area contributed by atoms with Crippen LogP contribution in [0.4, 0.5) is 5.69 Å². The molecule has 0 aromatic carbocycles. The predicted molar refractivity (Wildman–Crippen MR) is 94.3 cm³/mol. The van der Waals surface area contributed by atoms with E-state index in [1.807, 2.05) is 6.07 Å². The van der Waals surface area contributed by atoms with Crippen LogP contribution < -0.4 is 16.1 Å². The van der Waals surface area contributed by atoms with Crippen LogP contribution in [-0.2, 0) is 4.74 Å². The Morgan fingerprint density at radius 3 is 2.88 bits per heavy atom.